The van der Waals surface area contributed by atoms with E-state index >= 15 is 0 Å². The summed E-state index contributed by atoms with van der Waals surface area (Å²) in [6.07, 6.45) is 0. The minimum Gasteiger partial charge on any atom is -0.486 e. The van der Waals surface area contributed by atoms with Crippen LogP contribution in [0.3, 0.4) is 0 Å². The first-order valence-electron chi connectivity index (χ1n) is 10.5. The van der Waals surface area contributed by atoms with Crippen LogP contribution in [0.5, 0.6) is 17.2 Å². The third-order valence-electron chi connectivity index (χ3n) is 5.42. The zero-order valence-corrected chi connectivity index (χ0v) is 17.7. The van der Waals surface area contributed by atoms with Crippen molar-refractivity contribution in [3.05, 3.63) is 84.2 Å². The van der Waals surface area contributed by atoms with Crippen LogP contribution in [0.2, 0.25) is 0 Å². The summed E-state index contributed by atoms with van der Waals surface area (Å²) < 4.78 is 18.6. The fraction of sp³-hybridized carbons (Fsp3) is 0.200. The third-order valence-corrected chi connectivity index (χ3v) is 5.42. The van der Waals surface area contributed by atoms with Gasteiger partial charge in [-0.15, -0.1) is 0 Å². The molecule has 0 radical (unpaired) electrons. The number of rotatable bonds is 7. The second kappa shape index (κ2) is 8.63. The highest BCUT2D eigenvalue weighted by molar-refractivity contribution is 5.81. The third kappa shape index (κ3) is 4.09. The van der Waals surface area contributed by atoms with E-state index in [4.69, 9.17) is 14.2 Å². The quantitative estimate of drug-likeness (QED) is 0.476. The van der Waals surface area contributed by atoms with Gasteiger partial charge in [0.05, 0.1) is 17.1 Å². The average molecular weight is 429 g/mol. The second-order valence-electron chi connectivity index (χ2n) is 7.61. The van der Waals surface area contributed by atoms with Crippen LogP contribution in [0.1, 0.15) is 24.4 Å². The van der Waals surface area contributed by atoms with E-state index in [1.165, 1.54) is 0 Å². The molecule has 1 aliphatic heterocycles. The summed E-state index contributed by atoms with van der Waals surface area (Å²) >= 11 is 0. The normalized spacial score (nSPS) is 13.2. The van der Waals surface area contributed by atoms with Crippen LogP contribution < -0.4 is 19.5 Å². The molecule has 32 heavy (non-hydrogen) atoms. The summed E-state index contributed by atoms with van der Waals surface area (Å²) in [4.78, 5) is 17.6. The molecule has 3 aromatic carbocycles. The number of carbonyl (C=O) groups is 1. The Bertz CT molecular complexity index is 1250. The van der Waals surface area contributed by atoms with Gasteiger partial charge in [0, 0.05) is 0 Å². The summed E-state index contributed by atoms with van der Waals surface area (Å²) in [5.74, 6) is 2.76. The Morgan fingerprint density at radius 2 is 1.84 bits per heavy atom. The van der Waals surface area contributed by atoms with E-state index in [9.17, 15) is 4.79 Å². The van der Waals surface area contributed by atoms with Crippen molar-refractivity contribution in [1.29, 1.82) is 0 Å². The molecule has 2 heterocycles. The topological polar surface area (TPSA) is 74.6 Å². The summed E-state index contributed by atoms with van der Waals surface area (Å²) in [5.41, 5.74) is 2.67. The molecule has 0 aliphatic carbocycles. The lowest BCUT2D eigenvalue weighted by atomic mass is 10.1. The van der Waals surface area contributed by atoms with E-state index in [0.717, 1.165) is 28.1 Å². The van der Waals surface area contributed by atoms with E-state index in [1.54, 1.807) is 0 Å². The number of hydrogen-bond acceptors (Lipinski definition) is 5. The van der Waals surface area contributed by atoms with Gasteiger partial charge >= 0.3 is 0 Å². The molecule has 1 aliphatic rings. The van der Waals surface area contributed by atoms with E-state index < -0.39 is 0 Å². The molecule has 0 bridgehead atoms. The summed E-state index contributed by atoms with van der Waals surface area (Å²) in [5, 5.41) is 3.07. The summed E-state index contributed by atoms with van der Waals surface area (Å²) in [6, 6.07) is 22.9. The maximum absolute atomic E-state index is 12.9. The first kappa shape index (κ1) is 19.9. The lowest BCUT2D eigenvalue weighted by Gasteiger charge is -2.16. The Morgan fingerprint density at radius 1 is 1.06 bits per heavy atom. The van der Waals surface area contributed by atoms with Crippen molar-refractivity contribution in [2.75, 3.05) is 6.79 Å². The molecule has 1 amide bonds. The molecule has 1 atom stereocenters. The van der Waals surface area contributed by atoms with Crippen LogP contribution in [0.25, 0.3) is 11.0 Å². The van der Waals surface area contributed by atoms with Gasteiger partial charge in [-0.1, -0.05) is 36.4 Å². The van der Waals surface area contributed by atoms with Gasteiger partial charge in [-0.3, -0.25) is 4.79 Å². The zero-order chi connectivity index (χ0) is 21.9. The minimum absolute atomic E-state index is 0.112. The largest absolute Gasteiger partial charge is 0.486 e. The van der Waals surface area contributed by atoms with Crippen molar-refractivity contribution < 1.29 is 19.0 Å². The molecule has 5 rings (SSSR count). The molecule has 0 saturated carbocycles. The number of aromatic nitrogens is 2. The van der Waals surface area contributed by atoms with Crippen molar-refractivity contribution in [2.24, 2.45) is 0 Å². The smallest absolute Gasteiger partial charge is 0.240 e. The van der Waals surface area contributed by atoms with Gasteiger partial charge in [-0.25, -0.2) is 4.98 Å². The number of benzene rings is 3. The van der Waals surface area contributed by atoms with Crippen molar-refractivity contribution in [2.45, 2.75) is 26.1 Å². The molecule has 0 fully saturated rings. The number of amides is 1. The SMILES string of the molecule is C[C@H](NC(=O)Cn1c(COc2ccccc2)nc2ccccc21)c1ccc2c(c1)OCO2. The number of carbonyl (C=O) groups excluding carboxylic acids is 1. The Labute approximate surface area is 185 Å². The second-order valence-corrected chi connectivity index (χ2v) is 7.61. The van der Waals surface area contributed by atoms with Crippen molar-refractivity contribution >= 4 is 16.9 Å². The Balaban J connectivity index is 1.32. The molecule has 1 aromatic heterocycles. The lowest BCUT2D eigenvalue weighted by Crippen LogP contribution is -2.30. The first-order chi connectivity index (χ1) is 15.7. The Hall–Kier alpha value is -4.00. The number of ether oxygens (including phenoxy) is 3. The number of nitrogens with zero attached hydrogens (tertiary/aromatic N) is 2. The highest BCUT2D eigenvalue weighted by Gasteiger charge is 2.19. The molecular weight excluding hydrogens is 406 g/mol. The van der Waals surface area contributed by atoms with Crippen molar-refractivity contribution in [3.63, 3.8) is 0 Å². The van der Waals surface area contributed by atoms with E-state index in [2.05, 4.69) is 10.3 Å². The maximum atomic E-state index is 12.9. The molecular formula is C25H23N3O4. The number of imidazole rings is 1. The molecule has 0 saturated heterocycles. The molecule has 0 spiro atoms. The highest BCUT2D eigenvalue weighted by Crippen LogP contribution is 2.34. The molecule has 162 valence electrons. The number of para-hydroxylation sites is 3. The van der Waals surface area contributed by atoms with E-state index in [1.807, 2.05) is 84.3 Å². The van der Waals surface area contributed by atoms with Crippen LogP contribution in [0.4, 0.5) is 0 Å². The summed E-state index contributed by atoms with van der Waals surface area (Å²) in [6.45, 7) is 2.58. The van der Waals surface area contributed by atoms with Gasteiger partial charge < -0.3 is 24.1 Å². The molecule has 7 nitrogen and oxygen atoms in total. The molecule has 0 unspecified atom stereocenters. The van der Waals surface area contributed by atoms with Crippen LogP contribution >= 0.6 is 0 Å². The summed E-state index contributed by atoms with van der Waals surface area (Å²) in [7, 11) is 0. The lowest BCUT2D eigenvalue weighted by molar-refractivity contribution is -0.122. The predicted molar refractivity (Wildman–Crippen MR) is 120 cm³/mol. The van der Waals surface area contributed by atoms with Crippen molar-refractivity contribution in [1.82, 2.24) is 14.9 Å². The minimum atomic E-state index is -0.184. The zero-order valence-electron chi connectivity index (χ0n) is 17.7. The van der Waals surface area contributed by atoms with Gasteiger partial charge in [0.1, 0.15) is 24.7 Å². The van der Waals surface area contributed by atoms with Gasteiger partial charge in [0.2, 0.25) is 12.7 Å². The van der Waals surface area contributed by atoms with Crippen LogP contribution in [0.15, 0.2) is 72.8 Å². The fourth-order valence-corrected chi connectivity index (χ4v) is 3.77. The molecule has 4 aromatic rings. The van der Waals surface area contributed by atoms with E-state index in [0.29, 0.717) is 11.6 Å². The average Bonchev–Trinajstić information content (AvgIpc) is 3.42. The van der Waals surface area contributed by atoms with Gasteiger partial charge in [0.15, 0.2) is 11.5 Å². The first-order valence-corrected chi connectivity index (χ1v) is 10.5. The standard InChI is InChI=1S/C25H23N3O4/c1-17(18-11-12-22-23(13-18)32-16-31-22)26-25(29)14-28-21-10-6-5-9-20(21)27-24(28)15-30-19-7-3-2-4-8-19/h2-13,17H,14-16H2,1H3,(H,26,29)/t17-/m0/s1. The molecule has 1 N–H and O–H groups in total. The Morgan fingerprint density at radius 3 is 2.72 bits per heavy atom. The highest BCUT2D eigenvalue weighted by atomic mass is 16.7. The monoisotopic (exact) mass is 429 g/mol. The fourth-order valence-electron chi connectivity index (χ4n) is 3.77. The number of hydrogen-bond donors (Lipinski definition) is 1. The van der Waals surface area contributed by atoms with Crippen molar-refractivity contribution in [3.8, 4) is 17.2 Å². The Kier molecular flexibility index (Phi) is 5.37. The predicted octanol–water partition coefficient (Wildman–Crippen LogP) is 4.22. The van der Waals surface area contributed by atoms with Gasteiger partial charge in [0.25, 0.3) is 0 Å². The van der Waals surface area contributed by atoms with Gasteiger partial charge in [-0.2, -0.15) is 0 Å². The number of fused-ring (bicyclic) bond motifs is 2. The van der Waals surface area contributed by atoms with Crippen LogP contribution in [0, 0.1) is 0 Å². The van der Waals surface area contributed by atoms with Gasteiger partial charge in [-0.05, 0) is 48.9 Å². The number of nitrogens with one attached hydrogen (secondary N) is 1. The van der Waals surface area contributed by atoms with Crippen LogP contribution in [-0.2, 0) is 17.9 Å². The molecule has 7 heteroatoms. The maximum Gasteiger partial charge on any atom is 0.240 e. The van der Waals surface area contributed by atoms with E-state index in [-0.39, 0.29) is 31.9 Å². The van der Waals surface area contributed by atoms with Crippen LogP contribution in [-0.4, -0.2) is 22.3 Å².